The van der Waals surface area contributed by atoms with Crippen molar-refractivity contribution in [2.75, 3.05) is 9.80 Å². The minimum absolute atomic E-state index is 0.0668. The first-order valence-corrected chi connectivity index (χ1v) is 19.6. The van der Waals surface area contributed by atoms with Gasteiger partial charge in [-0.15, -0.1) is 0 Å². The average Bonchev–Trinajstić information content (AvgIpc) is 3.41. The Labute approximate surface area is 324 Å². The fourth-order valence-electron chi connectivity index (χ4n) is 8.71. The number of rotatable bonds is 6. The summed E-state index contributed by atoms with van der Waals surface area (Å²) in [5.74, 6) is 0. The molecule has 54 heavy (non-hydrogen) atoms. The Balaban J connectivity index is 1.00. The number of hydrogen-bond donors (Lipinski definition) is 0. The van der Waals surface area contributed by atoms with Crippen LogP contribution in [0.15, 0.2) is 174 Å². The Bertz CT molecular complexity index is 2510. The van der Waals surface area contributed by atoms with E-state index in [1.54, 1.807) is 0 Å². The average molecular weight is 717 g/mol. The van der Waals surface area contributed by atoms with Crippen LogP contribution in [0.3, 0.4) is 0 Å². The summed E-state index contributed by atoms with van der Waals surface area (Å²) in [5.41, 5.74) is 17.5. The van der Waals surface area contributed by atoms with Crippen LogP contribution in [0.4, 0.5) is 28.4 Å². The molecule has 2 heterocycles. The Morgan fingerprint density at radius 1 is 0.519 bits per heavy atom. The first-order valence-electron chi connectivity index (χ1n) is 18.8. The summed E-state index contributed by atoms with van der Waals surface area (Å²) < 4.78 is 0. The highest BCUT2D eigenvalue weighted by molar-refractivity contribution is 8.03. The van der Waals surface area contributed by atoms with Crippen molar-refractivity contribution in [3.8, 4) is 11.1 Å². The molecule has 0 N–H and O–H groups in total. The molecule has 0 bridgehead atoms. The molecule has 1 aliphatic carbocycles. The molecule has 264 valence electrons. The van der Waals surface area contributed by atoms with E-state index in [-0.39, 0.29) is 10.8 Å². The zero-order valence-corrected chi connectivity index (χ0v) is 32.4. The maximum Gasteiger partial charge on any atom is 0.0598 e. The Kier molecular flexibility index (Phi) is 8.17. The van der Waals surface area contributed by atoms with E-state index in [0.717, 1.165) is 0 Å². The molecular weight excluding hydrogens is 673 g/mol. The topological polar surface area (TPSA) is 6.48 Å². The predicted octanol–water partition coefficient (Wildman–Crippen LogP) is 14.5. The lowest BCUT2D eigenvalue weighted by Gasteiger charge is -2.42. The molecule has 0 saturated heterocycles. The van der Waals surface area contributed by atoms with Gasteiger partial charge in [0.1, 0.15) is 0 Å². The third-order valence-corrected chi connectivity index (χ3v) is 12.8. The van der Waals surface area contributed by atoms with Crippen LogP contribution in [0.1, 0.15) is 68.0 Å². The number of thioether (sulfide) groups is 1. The fraction of sp³-hybridized carbons (Fsp3) is 0.137. The number of nitrogens with zero attached hydrogens (tertiary/aromatic N) is 2. The largest absolute Gasteiger partial charge is 0.312 e. The quantitative estimate of drug-likeness (QED) is 0.125. The van der Waals surface area contributed by atoms with Gasteiger partial charge in [0.2, 0.25) is 0 Å². The zero-order chi connectivity index (χ0) is 37.2. The Morgan fingerprint density at radius 3 is 1.74 bits per heavy atom. The van der Waals surface area contributed by atoms with Crippen LogP contribution in [0.5, 0.6) is 0 Å². The van der Waals surface area contributed by atoms with E-state index in [0.29, 0.717) is 0 Å². The second kappa shape index (κ2) is 13.0. The van der Waals surface area contributed by atoms with Crippen LogP contribution in [-0.4, -0.2) is 0 Å². The third-order valence-electron chi connectivity index (χ3n) is 11.6. The lowest BCUT2D eigenvalue weighted by molar-refractivity contribution is 0.632. The summed E-state index contributed by atoms with van der Waals surface area (Å²) in [5, 5.41) is 0. The molecule has 9 rings (SSSR count). The van der Waals surface area contributed by atoms with Crippen LogP contribution in [0.2, 0.25) is 0 Å². The van der Waals surface area contributed by atoms with E-state index in [1.165, 1.54) is 88.4 Å². The third kappa shape index (κ3) is 5.41. The van der Waals surface area contributed by atoms with Gasteiger partial charge >= 0.3 is 0 Å². The van der Waals surface area contributed by atoms with E-state index >= 15 is 0 Å². The lowest BCUT2D eigenvalue weighted by atomic mass is 9.73. The smallest absolute Gasteiger partial charge is 0.0598 e. The molecule has 0 unspecified atom stereocenters. The normalized spacial score (nSPS) is 16.2. The number of allylic oxidation sites excluding steroid dienone is 4. The lowest BCUT2D eigenvalue weighted by Crippen LogP contribution is -2.30. The molecular formula is C51H44N2S. The van der Waals surface area contributed by atoms with Gasteiger partial charge in [0.15, 0.2) is 0 Å². The number of para-hydroxylation sites is 3. The first-order chi connectivity index (χ1) is 26.2. The van der Waals surface area contributed by atoms with Crippen LogP contribution in [0.25, 0.3) is 23.3 Å². The Morgan fingerprint density at radius 2 is 1.06 bits per heavy atom. The van der Waals surface area contributed by atoms with Crippen LogP contribution >= 0.6 is 11.8 Å². The second-order valence-corrected chi connectivity index (χ2v) is 16.6. The molecule has 0 spiro atoms. The maximum absolute atomic E-state index is 3.90. The summed E-state index contributed by atoms with van der Waals surface area (Å²) in [6.45, 7) is 15.5. The summed E-state index contributed by atoms with van der Waals surface area (Å²) in [7, 11) is 0. The van der Waals surface area contributed by atoms with Gasteiger partial charge in [-0.3, -0.25) is 0 Å². The number of benzene rings is 6. The molecule has 0 aromatic heterocycles. The van der Waals surface area contributed by atoms with E-state index in [9.17, 15) is 0 Å². The van der Waals surface area contributed by atoms with Crippen molar-refractivity contribution in [1.29, 1.82) is 0 Å². The van der Waals surface area contributed by atoms with Crippen molar-refractivity contribution in [3.05, 3.63) is 202 Å². The predicted molar refractivity (Wildman–Crippen MR) is 233 cm³/mol. The van der Waals surface area contributed by atoms with Gasteiger partial charge in [-0.25, -0.2) is 0 Å². The summed E-state index contributed by atoms with van der Waals surface area (Å²) in [4.78, 5) is 7.31. The van der Waals surface area contributed by atoms with Gasteiger partial charge in [0.25, 0.3) is 0 Å². The molecule has 3 aliphatic rings. The summed E-state index contributed by atoms with van der Waals surface area (Å²) in [6, 6.07) is 49.3. The molecule has 0 amide bonds. The number of hydrogen-bond acceptors (Lipinski definition) is 3. The molecule has 0 saturated carbocycles. The standard InChI is InChI=1S/C51H44N2S/c1-7-8-20-48-34(2)52(47-19-13-14-21-49(47)54-48)38-29-31-40-39-30-26-36(32-43(39)51(5,6)44(40)33-38)23-22-35-24-27-37(28-25-35)53-45-17-11-9-15-41(45)50(3,4)42-16-10-12-18-46(42)53/h7-33H,1H2,2-6H3/b20-8-,23-22+. The van der Waals surface area contributed by atoms with Gasteiger partial charge in [0, 0.05) is 37.7 Å². The molecule has 2 aliphatic heterocycles. The van der Waals surface area contributed by atoms with Crippen molar-refractivity contribution in [2.45, 2.75) is 50.3 Å². The molecule has 2 nitrogen and oxygen atoms in total. The fourth-order valence-corrected chi connectivity index (χ4v) is 9.75. The van der Waals surface area contributed by atoms with E-state index in [2.05, 4.69) is 203 Å². The van der Waals surface area contributed by atoms with Crippen LogP contribution in [0, 0.1) is 0 Å². The van der Waals surface area contributed by atoms with Crippen molar-refractivity contribution in [1.82, 2.24) is 0 Å². The first kappa shape index (κ1) is 34.0. The zero-order valence-electron chi connectivity index (χ0n) is 31.6. The highest BCUT2D eigenvalue weighted by Crippen LogP contribution is 2.54. The molecule has 0 atom stereocenters. The highest BCUT2D eigenvalue weighted by Gasteiger charge is 2.38. The highest BCUT2D eigenvalue weighted by atomic mass is 32.2. The van der Waals surface area contributed by atoms with Crippen LogP contribution in [-0.2, 0) is 10.8 Å². The molecule has 6 aromatic rings. The van der Waals surface area contributed by atoms with E-state index in [4.69, 9.17) is 0 Å². The SMILES string of the molecule is C=C/C=C\C1=C(C)N(c2ccc3c(c2)C(C)(C)c2cc(/C=C/c4ccc(N5c6ccccc6C(C)(C)c6ccccc65)cc4)ccc2-3)c2ccccc2S1. The summed E-state index contributed by atoms with van der Waals surface area (Å²) in [6.07, 6.45) is 10.5. The minimum Gasteiger partial charge on any atom is -0.312 e. The second-order valence-electron chi connectivity index (χ2n) is 15.5. The Hall–Kier alpha value is -5.77. The summed E-state index contributed by atoms with van der Waals surface area (Å²) >= 11 is 1.82. The van der Waals surface area contributed by atoms with Gasteiger partial charge < -0.3 is 9.80 Å². The van der Waals surface area contributed by atoms with E-state index < -0.39 is 0 Å². The minimum atomic E-state index is -0.144. The van der Waals surface area contributed by atoms with E-state index in [1.807, 2.05) is 23.9 Å². The van der Waals surface area contributed by atoms with Gasteiger partial charge in [-0.2, -0.15) is 0 Å². The van der Waals surface area contributed by atoms with Crippen molar-refractivity contribution < 1.29 is 0 Å². The van der Waals surface area contributed by atoms with Crippen molar-refractivity contribution in [3.63, 3.8) is 0 Å². The van der Waals surface area contributed by atoms with Crippen molar-refractivity contribution >= 4 is 52.4 Å². The molecule has 3 heteroatoms. The number of anilines is 5. The van der Waals surface area contributed by atoms with Gasteiger partial charge in [-0.1, -0.05) is 155 Å². The molecule has 6 aromatic carbocycles. The molecule has 0 fully saturated rings. The van der Waals surface area contributed by atoms with Gasteiger partial charge in [-0.05, 0) is 106 Å². The van der Waals surface area contributed by atoms with Crippen molar-refractivity contribution in [2.24, 2.45) is 0 Å². The molecule has 0 radical (unpaired) electrons. The maximum atomic E-state index is 3.90. The van der Waals surface area contributed by atoms with Crippen LogP contribution < -0.4 is 9.80 Å². The van der Waals surface area contributed by atoms with Gasteiger partial charge in [0.05, 0.1) is 17.1 Å². The number of fused-ring (bicyclic) bond motifs is 6. The monoisotopic (exact) mass is 716 g/mol.